The number of nitrogens with zero attached hydrogens (tertiary/aromatic N) is 1. The van der Waals surface area contributed by atoms with E-state index >= 15 is 0 Å². The third kappa shape index (κ3) is 4.06. The fourth-order valence-electron chi connectivity index (χ4n) is 1.51. The molecule has 0 aliphatic carbocycles. The van der Waals surface area contributed by atoms with E-state index in [1.54, 1.807) is 6.92 Å². The molecule has 0 fully saturated rings. The van der Waals surface area contributed by atoms with E-state index in [4.69, 9.17) is 15.2 Å². The second kappa shape index (κ2) is 7.08. The largest absolute Gasteiger partial charge is 0.493 e. The molecule has 0 saturated carbocycles. The summed E-state index contributed by atoms with van der Waals surface area (Å²) in [5.41, 5.74) is 3.97. The third-order valence-corrected chi connectivity index (χ3v) is 2.34. The number of hydrogen-bond donors (Lipinski definition) is 1. The molecule has 0 atom stereocenters. The second-order valence-corrected chi connectivity index (χ2v) is 3.75. The Balaban J connectivity index is 3.26. The molecule has 1 amide bonds. The van der Waals surface area contributed by atoms with Crippen molar-refractivity contribution < 1.29 is 28.7 Å². The Labute approximate surface area is 119 Å². The second-order valence-electron chi connectivity index (χ2n) is 3.75. The molecule has 0 unspecified atom stereocenters. The van der Waals surface area contributed by atoms with Gasteiger partial charge in [-0.25, -0.2) is 4.79 Å². The van der Waals surface area contributed by atoms with E-state index in [1.807, 2.05) is 0 Å². The molecular formula is C12H14N2O7. The maximum Gasteiger partial charge on any atom is 0.345 e. The summed E-state index contributed by atoms with van der Waals surface area (Å²) < 4.78 is 14.8. The monoisotopic (exact) mass is 298 g/mol. The molecule has 0 spiro atoms. The van der Waals surface area contributed by atoms with Crippen molar-refractivity contribution in [1.82, 2.24) is 0 Å². The summed E-state index contributed by atoms with van der Waals surface area (Å²) in [4.78, 5) is 32.6. The molecule has 114 valence electrons. The predicted octanol–water partition coefficient (Wildman–Crippen LogP) is 0.644. The predicted molar refractivity (Wildman–Crippen MR) is 70.3 cm³/mol. The molecule has 0 radical (unpaired) electrons. The van der Waals surface area contributed by atoms with Crippen LogP contribution in [0.4, 0.5) is 5.69 Å². The summed E-state index contributed by atoms with van der Waals surface area (Å²) >= 11 is 0. The first-order valence-electron chi connectivity index (χ1n) is 5.85. The summed E-state index contributed by atoms with van der Waals surface area (Å²) in [6, 6.07) is 2.18. The van der Waals surface area contributed by atoms with Crippen molar-refractivity contribution in [3.8, 4) is 11.5 Å². The van der Waals surface area contributed by atoms with Gasteiger partial charge in [-0.2, -0.15) is 0 Å². The van der Waals surface area contributed by atoms with Crippen LogP contribution < -0.4 is 15.2 Å². The molecule has 1 aromatic rings. The Morgan fingerprint density at radius 2 is 2.00 bits per heavy atom. The molecule has 0 heterocycles. The van der Waals surface area contributed by atoms with Crippen molar-refractivity contribution in [3.05, 3.63) is 27.8 Å². The molecule has 9 nitrogen and oxygen atoms in total. The molecule has 1 rings (SSSR count). The van der Waals surface area contributed by atoms with Crippen molar-refractivity contribution >= 4 is 17.6 Å². The summed E-state index contributed by atoms with van der Waals surface area (Å²) in [6.45, 7) is 1.29. The number of benzene rings is 1. The van der Waals surface area contributed by atoms with E-state index in [-0.39, 0.29) is 23.7 Å². The van der Waals surface area contributed by atoms with Gasteiger partial charge in [0.05, 0.1) is 24.7 Å². The lowest BCUT2D eigenvalue weighted by Crippen LogP contribution is -2.21. The summed E-state index contributed by atoms with van der Waals surface area (Å²) in [7, 11) is 1.31. The minimum atomic E-state index is -1.05. The van der Waals surface area contributed by atoms with Gasteiger partial charge in [-0.1, -0.05) is 0 Å². The smallest absolute Gasteiger partial charge is 0.345 e. The van der Waals surface area contributed by atoms with Gasteiger partial charge in [-0.3, -0.25) is 14.9 Å². The van der Waals surface area contributed by atoms with Gasteiger partial charge < -0.3 is 19.9 Å². The quantitative estimate of drug-likeness (QED) is 0.444. The normalized spacial score (nSPS) is 9.81. The molecule has 0 aliphatic rings. The number of carbonyl (C=O) groups excluding carboxylic acids is 2. The average molecular weight is 298 g/mol. The van der Waals surface area contributed by atoms with Crippen LogP contribution in [-0.2, 0) is 9.53 Å². The molecule has 2 N–H and O–H groups in total. The van der Waals surface area contributed by atoms with Crippen LogP contribution in [-0.4, -0.2) is 37.1 Å². The van der Waals surface area contributed by atoms with Gasteiger partial charge in [0.2, 0.25) is 0 Å². The first kappa shape index (κ1) is 16.2. The number of hydrogen-bond acceptors (Lipinski definition) is 7. The maximum absolute atomic E-state index is 11.8. The van der Waals surface area contributed by atoms with E-state index in [1.165, 1.54) is 7.11 Å². The zero-order valence-electron chi connectivity index (χ0n) is 11.5. The van der Waals surface area contributed by atoms with Gasteiger partial charge in [0.15, 0.2) is 18.1 Å². The highest BCUT2D eigenvalue weighted by Gasteiger charge is 2.26. The fraction of sp³-hybridized carbons (Fsp3) is 0.333. The van der Waals surface area contributed by atoms with Crippen LogP contribution in [0.3, 0.4) is 0 Å². The van der Waals surface area contributed by atoms with E-state index in [9.17, 15) is 19.7 Å². The van der Waals surface area contributed by atoms with Gasteiger partial charge in [0, 0.05) is 6.07 Å². The zero-order valence-corrected chi connectivity index (χ0v) is 11.5. The van der Waals surface area contributed by atoms with Crippen LogP contribution in [0.1, 0.15) is 17.3 Å². The third-order valence-electron chi connectivity index (χ3n) is 2.34. The molecule has 0 bridgehead atoms. The number of nitrogens with two attached hydrogens (primary N) is 1. The molecule has 0 aliphatic heterocycles. The van der Waals surface area contributed by atoms with Crippen molar-refractivity contribution in [2.45, 2.75) is 6.92 Å². The van der Waals surface area contributed by atoms with Crippen LogP contribution in [0.2, 0.25) is 0 Å². The lowest BCUT2D eigenvalue weighted by Gasteiger charge is -2.11. The molecule has 9 heteroatoms. The van der Waals surface area contributed by atoms with Gasteiger partial charge in [-0.05, 0) is 6.92 Å². The van der Waals surface area contributed by atoms with Crippen LogP contribution in [0.5, 0.6) is 11.5 Å². The highest BCUT2D eigenvalue weighted by Crippen LogP contribution is 2.35. The standard InChI is InChI=1S/C12H14N2O7/c1-3-20-10-4-7(12(16)21-6-11(13)15)8(14(17)18)5-9(10)19-2/h4-5H,3,6H2,1-2H3,(H2,13,15). The number of carbonyl (C=O) groups is 2. The van der Waals surface area contributed by atoms with Crippen molar-refractivity contribution in [2.75, 3.05) is 20.3 Å². The number of nitro benzene ring substituents is 1. The van der Waals surface area contributed by atoms with Crippen LogP contribution in [0.15, 0.2) is 12.1 Å². The van der Waals surface area contributed by atoms with E-state index in [0.29, 0.717) is 0 Å². The minimum Gasteiger partial charge on any atom is -0.493 e. The fourth-order valence-corrected chi connectivity index (χ4v) is 1.51. The first-order chi connectivity index (χ1) is 9.90. The summed E-state index contributed by atoms with van der Waals surface area (Å²) in [5, 5.41) is 11.0. The van der Waals surface area contributed by atoms with Crippen molar-refractivity contribution in [3.63, 3.8) is 0 Å². The lowest BCUT2D eigenvalue weighted by atomic mass is 10.1. The summed E-state index contributed by atoms with van der Waals surface area (Å²) in [5.74, 6) is -1.67. The minimum absolute atomic E-state index is 0.106. The van der Waals surface area contributed by atoms with E-state index in [2.05, 4.69) is 4.74 Å². The number of esters is 1. The Hall–Kier alpha value is -2.84. The topological polar surface area (TPSA) is 131 Å². The lowest BCUT2D eigenvalue weighted by molar-refractivity contribution is -0.385. The van der Waals surface area contributed by atoms with Gasteiger partial charge in [0.25, 0.3) is 11.6 Å². The van der Waals surface area contributed by atoms with Crippen LogP contribution in [0, 0.1) is 10.1 Å². The number of ether oxygens (including phenoxy) is 3. The zero-order chi connectivity index (χ0) is 16.0. The number of rotatable bonds is 7. The maximum atomic E-state index is 11.8. The molecule has 1 aromatic carbocycles. The Bertz CT molecular complexity index is 571. The number of primary amides is 1. The average Bonchev–Trinajstić information content (AvgIpc) is 2.44. The van der Waals surface area contributed by atoms with Crippen molar-refractivity contribution in [1.29, 1.82) is 0 Å². The summed E-state index contributed by atoms with van der Waals surface area (Å²) in [6.07, 6.45) is 0. The molecule has 21 heavy (non-hydrogen) atoms. The Kier molecular flexibility index (Phi) is 5.47. The molecule has 0 aromatic heterocycles. The SMILES string of the molecule is CCOc1cc(C(=O)OCC(N)=O)c([N+](=O)[O-])cc1OC. The number of nitro groups is 1. The number of methoxy groups -OCH3 is 1. The first-order valence-corrected chi connectivity index (χ1v) is 5.85. The van der Waals surface area contributed by atoms with Gasteiger partial charge in [0.1, 0.15) is 5.56 Å². The van der Waals surface area contributed by atoms with Crippen LogP contribution >= 0.6 is 0 Å². The number of amides is 1. The van der Waals surface area contributed by atoms with E-state index < -0.39 is 29.1 Å². The van der Waals surface area contributed by atoms with Gasteiger partial charge in [-0.15, -0.1) is 0 Å². The van der Waals surface area contributed by atoms with Crippen molar-refractivity contribution in [2.24, 2.45) is 5.73 Å². The Morgan fingerprint density at radius 1 is 1.33 bits per heavy atom. The highest BCUT2D eigenvalue weighted by molar-refractivity contribution is 5.96. The Morgan fingerprint density at radius 3 is 2.48 bits per heavy atom. The highest BCUT2D eigenvalue weighted by atomic mass is 16.6. The van der Waals surface area contributed by atoms with Gasteiger partial charge >= 0.3 is 5.97 Å². The molecule has 0 saturated heterocycles. The van der Waals surface area contributed by atoms with Crippen LogP contribution in [0.25, 0.3) is 0 Å². The van der Waals surface area contributed by atoms with E-state index in [0.717, 1.165) is 12.1 Å². The molecular weight excluding hydrogens is 284 g/mol.